The summed E-state index contributed by atoms with van der Waals surface area (Å²) in [7, 11) is -6.99. The summed E-state index contributed by atoms with van der Waals surface area (Å²) >= 11 is 0. The van der Waals surface area contributed by atoms with Crippen LogP contribution in [0.15, 0.2) is 0 Å². The van der Waals surface area contributed by atoms with Crippen LogP contribution in [0.5, 0.6) is 0 Å². The van der Waals surface area contributed by atoms with Crippen molar-refractivity contribution in [1.29, 1.82) is 0 Å². The number of nitrogens with one attached hydrogen (secondary N) is 1. The van der Waals surface area contributed by atoms with E-state index in [1.54, 1.807) is 0 Å². The average molecular weight is 216 g/mol. The molecule has 6 nitrogen and oxygen atoms in total. The van der Waals surface area contributed by atoms with Crippen LogP contribution in [-0.2, 0) is 20.0 Å². The van der Waals surface area contributed by atoms with Crippen molar-refractivity contribution in [3.8, 4) is 0 Å². The van der Waals surface area contributed by atoms with Gasteiger partial charge in [-0.3, -0.25) is 0 Å². The molecular formula is C4H12N2O4S2. The molecule has 0 aromatic carbocycles. The molecule has 8 heteroatoms. The number of sulfone groups is 1. The molecule has 0 bridgehead atoms. The van der Waals surface area contributed by atoms with E-state index in [0.29, 0.717) is 0 Å². The highest BCUT2D eigenvalue weighted by molar-refractivity contribution is 7.90. The maximum Gasteiger partial charge on any atom is 0.274 e. The fourth-order valence-electron chi connectivity index (χ4n) is 0.769. The van der Waals surface area contributed by atoms with Crippen LogP contribution < -0.4 is 9.86 Å². The lowest BCUT2D eigenvalue weighted by molar-refractivity contribution is 0.566. The third-order valence-electron chi connectivity index (χ3n) is 0.918. The molecule has 0 spiro atoms. The second-order valence-corrected chi connectivity index (χ2v) is 6.17. The van der Waals surface area contributed by atoms with Crippen LogP contribution in [0.4, 0.5) is 0 Å². The van der Waals surface area contributed by atoms with Gasteiger partial charge in [-0.2, -0.15) is 13.1 Å². The minimum atomic E-state index is -3.81. The van der Waals surface area contributed by atoms with Crippen LogP contribution in [0.1, 0.15) is 6.92 Å². The Morgan fingerprint density at radius 2 is 1.75 bits per heavy atom. The maximum atomic E-state index is 10.7. The van der Waals surface area contributed by atoms with Gasteiger partial charge in [-0.15, -0.1) is 0 Å². The van der Waals surface area contributed by atoms with E-state index in [1.165, 1.54) is 6.92 Å². The fraction of sp³-hybridized carbons (Fsp3) is 1.00. The summed E-state index contributed by atoms with van der Waals surface area (Å²) in [6, 6.07) is -0.699. The van der Waals surface area contributed by atoms with Gasteiger partial charge in [-0.25, -0.2) is 13.6 Å². The van der Waals surface area contributed by atoms with E-state index in [9.17, 15) is 16.8 Å². The summed E-state index contributed by atoms with van der Waals surface area (Å²) in [5, 5.41) is 4.62. The fourth-order valence-corrected chi connectivity index (χ4v) is 2.51. The quantitative estimate of drug-likeness (QED) is 0.579. The molecule has 0 aromatic rings. The van der Waals surface area contributed by atoms with Crippen molar-refractivity contribution < 1.29 is 16.8 Å². The van der Waals surface area contributed by atoms with Gasteiger partial charge in [0, 0.05) is 12.3 Å². The highest BCUT2D eigenvalue weighted by atomic mass is 32.2. The topological polar surface area (TPSA) is 106 Å². The van der Waals surface area contributed by atoms with Crippen molar-refractivity contribution in [1.82, 2.24) is 4.72 Å². The molecule has 0 aliphatic heterocycles. The summed E-state index contributed by atoms with van der Waals surface area (Å²) < 4.78 is 44.0. The van der Waals surface area contributed by atoms with Gasteiger partial charge in [0.25, 0.3) is 10.2 Å². The Labute approximate surface area is 72.2 Å². The molecule has 74 valence electrons. The van der Waals surface area contributed by atoms with Crippen LogP contribution in [0.2, 0.25) is 0 Å². The van der Waals surface area contributed by atoms with Gasteiger partial charge in [0.05, 0.1) is 5.75 Å². The number of hydrogen-bond acceptors (Lipinski definition) is 4. The minimum Gasteiger partial charge on any atom is -0.229 e. The summed E-state index contributed by atoms with van der Waals surface area (Å²) in [6.07, 6.45) is 1.02. The SMILES string of the molecule is CC(CS(C)(=O)=O)NS(N)(=O)=O. The van der Waals surface area contributed by atoms with E-state index in [2.05, 4.69) is 5.14 Å². The lowest BCUT2D eigenvalue weighted by atomic mass is 10.4. The predicted octanol–water partition coefficient (Wildman–Crippen LogP) is -1.79. The largest absolute Gasteiger partial charge is 0.274 e. The lowest BCUT2D eigenvalue weighted by Gasteiger charge is -2.09. The second kappa shape index (κ2) is 3.69. The Morgan fingerprint density at radius 1 is 1.33 bits per heavy atom. The molecular weight excluding hydrogens is 204 g/mol. The Balaban J connectivity index is 4.19. The van der Waals surface area contributed by atoms with Crippen molar-refractivity contribution >= 4 is 20.0 Å². The average Bonchev–Trinajstić information content (AvgIpc) is 1.49. The molecule has 0 heterocycles. The summed E-state index contributed by atoms with van der Waals surface area (Å²) in [6.45, 7) is 1.42. The van der Waals surface area contributed by atoms with Crippen LogP contribution >= 0.6 is 0 Å². The smallest absolute Gasteiger partial charge is 0.229 e. The molecule has 1 unspecified atom stereocenters. The maximum absolute atomic E-state index is 10.7. The molecule has 0 radical (unpaired) electrons. The Kier molecular flexibility index (Phi) is 3.63. The molecule has 0 fully saturated rings. The molecule has 12 heavy (non-hydrogen) atoms. The van der Waals surface area contributed by atoms with Gasteiger partial charge in [-0.1, -0.05) is 0 Å². The first kappa shape index (κ1) is 11.8. The zero-order chi connectivity index (χ0) is 9.99. The van der Waals surface area contributed by atoms with E-state index >= 15 is 0 Å². The minimum absolute atomic E-state index is 0.260. The van der Waals surface area contributed by atoms with Gasteiger partial charge in [0.2, 0.25) is 0 Å². The monoisotopic (exact) mass is 216 g/mol. The molecule has 0 aliphatic carbocycles. The van der Waals surface area contributed by atoms with Crippen molar-refractivity contribution in [2.45, 2.75) is 13.0 Å². The number of rotatable bonds is 4. The normalized spacial score (nSPS) is 15.9. The van der Waals surface area contributed by atoms with E-state index < -0.39 is 26.1 Å². The number of hydrogen-bond donors (Lipinski definition) is 2. The van der Waals surface area contributed by atoms with Crippen molar-refractivity contribution in [2.75, 3.05) is 12.0 Å². The zero-order valence-corrected chi connectivity index (χ0v) is 8.44. The van der Waals surface area contributed by atoms with E-state index in [0.717, 1.165) is 6.26 Å². The van der Waals surface area contributed by atoms with Gasteiger partial charge >= 0.3 is 0 Å². The van der Waals surface area contributed by atoms with Crippen LogP contribution in [0.25, 0.3) is 0 Å². The first-order chi connectivity index (χ1) is 5.10. The standard InChI is InChI=1S/C4H12N2O4S2/c1-4(3-11(2,7)8)6-12(5,9)10/h4,6H,3H2,1-2H3,(H2,5,9,10). The molecule has 3 N–H and O–H groups in total. The third-order valence-corrected chi connectivity index (χ3v) is 2.75. The molecule has 0 aromatic heterocycles. The molecule has 1 atom stereocenters. The van der Waals surface area contributed by atoms with Crippen LogP contribution in [0.3, 0.4) is 0 Å². The third kappa shape index (κ3) is 7.92. The molecule has 0 aliphatic rings. The van der Waals surface area contributed by atoms with Crippen LogP contribution in [-0.4, -0.2) is 34.9 Å². The first-order valence-corrected chi connectivity index (χ1v) is 6.68. The summed E-state index contributed by atoms with van der Waals surface area (Å²) in [5.74, 6) is -0.260. The lowest BCUT2D eigenvalue weighted by Crippen LogP contribution is -2.41. The Morgan fingerprint density at radius 3 is 2.00 bits per heavy atom. The summed E-state index contributed by atoms with van der Waals surface area (Å²) in [5.41, 5.74) is 0. The van der Waals surface area contributed by atoms with Crippen molar-refractivity contribution in [2.24, 2.45) is 5.14 Å². The van der Waals surface area contributed by atoms with Crippen LogP contribution in [0, 0.1) is 0 Å². The van der Waals surface area contributed by atoms with Gasteiger partial charge < -0.3 is 0 Å². The second-order valence-electron chi connectivity index (χ2n) is 2.66. The number of nitrogens with two attached hydrogens (primary N) is 1. The molecule has 0 rings (SSSR count). The predicted molar refractivity (Wildman–Crippen MR) is 45.4 cm³/mol. The zero-order valence-electron chi connectivity index (χ0n) is 6.81. The molecule has 0 saturated heterocycles. The van der Waals surface area contributed by atoms with E-state index in [-0.39, 0.29) is 5.75 Å². The first-order valence-electron chi connectivity index (χ1n) is 3.08. The highest BCUT2D eigenvalue weighted by Gasteiger charge is 2.14. The Hall–Kier alpha value is -0.180. The molecule has 0 amide bonds. The van der Waals surface area contributed by atoms with E-state index in [4.69, 9.17) is 0 Å². The van der Waals surface area contributed by atoms with Gasteiger partial charge in [0.1, 0.15) is 9.84 Å². The van der Waals surface area contributed by atoms with Gasteiger partial charge in [0.15, 0.2) is 0 Å². The highest BCUT2D eigenvalue weighted by Crippen LogP contribution is 1.90. The van der Waals surface area contributed by atoms with Crippen molar-refractivity contribution in [3.63, 3.8) is 0 Å². The van der Waals surface area contributed by atoms with Crippen molar-refractivity contribution in [3.05, 3.63) is 0 Å². The molecule has 0 saturated carbocycles. The van der Waals surface area contributed by atoms with E-state index in [1.807, 2.05) is 4.72 Å². The van der Waals surface area contributed by atoms with Gasteiger partial charge in [-0.05, 0) is 6.92 Å². The Bertz CT molecular complexity index is 296. The summed E-state index contributed by atoms with van der Waals surface area (Å²) in [4.78, 5) is 0.